The topological polar surface area (TPSA) is 75.8 Å². The maximum atomic E-state index is 6.14. The van der Waals surface area contributed by atoms with E-state index in [1.807, 2.05) is 35.8 Å². The van der Waals surface area contributed by atoms with Crippen molar-refractivity contribution in [2.75, 3.05) is 26.7 Å². The maximum Gasteiger partial charge on any atom is 0.190 e. The number of nitrogens with zero attached hydrogens (tertiary/aromatic N) is 4. The number of fused-ring (bicyclic) bond motifs is 1. The van der Waals surface area contributed by atoms with Gasteiger partial charge in [0.1, 0.15) is 5.82 Å². The first-order valence-electron chi connectivity index (χ1n) is 11.2. The van der Waals surface area contributed by atoms with Crippen LogP contribution in [0.1, 0.15) is 42.3 Å². The number of nitrogens with one attached hydrogen (secondary N) is 2. The van der Waals surface area contributed by atoms with Gasteiger partial charge in [-0.05, 0) is 43.9 Å². The van der Waals surface area contributed by atoms with Gasteiger partial charge >= 0.3 is 0 Å². The molecule has 1 fully saturated rings. The van der Waals surface area contributed by atoms with E-state index in [4.69, 9.17) is 4.74 Å². The summed E-state index contributed by atoms with van der Waals surface area (Å²) < 4.78 is 8.19. The zero-order valence-corrected chi connectivity index (χ0v) is 21.2. The van der Waals surface area contributed by atoms with Gasteiger partial charge in [0.2, 0.25) is 0 Å². The van der Waals surface area contributed by atoms with E-state index in [9.17, 15) is 0 Å². The number of hydrogen-bond donors (Lipinski definition) is 2. The summed E-state index contributed by atoms with van der Waals surface area (Å²) in [5.41, 5.74) is 3.43. The van der Waals surface area contributed by atoms with E-state index in [0.29, 0.717) is 5.92 Å². The molecule has 0 saturated carbocycles. The van der Waals surface area contributed by atoms with Gasteiger partial charge in [0, 0.05) is 45.3 Å². The molecule has 1 saturated heterocycles. The lowest BCUT2D eigenvalue weighted by Crippen LogP contribution is -2.42. The van der Waals surface area contributed by atoms with Crippen LogP contribution in [0.4, 0.5) is 0 Å². The third-order valence-electron chi connectivity index (χ3n) is 5.86. The third kappa shape index (κ3) is 6.19. The highest BCUT2D eigenvalue weighted by molar-refractivity contribution is 14.0. The molecular formula is C24H33IN6O. The van der Waals surface area contributed by atoms with E-state index < -0.39 is 0 Å². The lowest BCUT2D eigenvalue weighted by atomic mass is 9.89. The van der Waals surface area contributed by atoms with Gasteiger partial charge in [-0.15, -0.1) is 34.2 Å². The average molecular weight is 548 g/mol. The quantitative estimate of drug-likeness (QED) is 0.203. The zero-order chi connectivity index (χ0) is 21.5. The van der Waals surface area contributed by atoms with Gasteiger partial charge in [-0.2, -0.15) is 0 Å². The molecule has 0 spiro atoms. The number of benzene rings is 1. The van der Waals surface area contributed by atoms with Gasteiger partial charge in [-0.1, -0.05) is 35.9 Å². The molecule has 0 bridgehead atoms. The number of rotatable bonds is 7. The van der Waals surface area contributed by atoms with Crippen LogP contribution in [0.5, 0.6) is 0 Å². The molecule has 2 N–H and O–H groups in total. The van der Waals surface area contributed by atoms with Crippen LogP contribution in [0.15, 0.2) is 53.7 Å². The highest BCUT2D eigenvalue weighted by Crippen LogP contribution is 2.33. The summed E-state index contributed by atoms with van der Waals surface area (Å²) in [5.74, 6) is 2.25. The summed E-state index contributed by atoms with van der Waals surface area (Å²) in [6.07, 6.45) is 6.22. The van der Waals surface area contributed by atoms with E-state index in [2.05, 4.69) is 57.0 Å². The lowest BCUT2D eigenvalue weighted by molar-refractivity contribution is -0.0265. The molecule has 0 radical (unpaired) electrons. The first-order chi connectivity index (χ1) is 15.2. The maximum absolute atomic E-state index is 6.14. The Morgan fingerprint density at radius 1 is 1.16 bits per heavy atom. The summed E-state index contributed by atoms with van der Waals surface area (Å²) in [6, 6.07) is 14.7. The summed E-state index contributed by atoms with van der Waals surface area (Å²) >= 11 is 0. The molecule has 2 unspecified atom stereocenters. The molecule has 1 aliphatic rings. The van der Waals surface area contributed by atoms with E-state index in [1.54, 1.807) is 0 Å². The average Bonchev–Trinajstić information content (AvgIpc) is 3.22. The molecule has 4 rings (SSSR count). The summed E-state index contributed by atoms with van der Waals surface area (Å²) in [6.45, 7) is 4.61. The van der Waals surface area contributed by atoms with Crippen LogP contribution in [-0.2, 0) is 11.2 Å². The molecule has 3 heterocycles. The van der Waals surface area contributed by atoms with E-state index in [1.165, 1.54) is 11.1 Å². The molecule has 0 amide bonds. The minimum Gasteiger partial charge on any atom is -0.373 e. The second kappa shape index (κ2) is 12.2. The van der Waals surface area contributed by atoms with Crippen molar-refractivity contribution >= 4 is 35.6 Å². The molecule has 2 aromatic heterocycles. The monoisotopic (exact) mass is 548 g/mol. The number of guanidine groups is 1. The predicted octanol–water partition coefficient (Wildman–Crippen LogP) is 3.92. The van der Waals surface area contributed by atoms with Crippen LogP contribution in [0.2, 0.25) is 0 Å². The highest BCUT2D eigenvalue weighted by atomic mass is 127. The zero-order valence-electron chi connectivity index (χ0n) is 18.8. The first kappa shape index (κ1) is 24.4. The minimum atomic E-state index is 0. The number of hydrogen-bond acceptors (Lipinski definition) is 4. The molecule has 1 aromatic carbocycles. The van der Waals surface area contributed by atoms with Crippen LogP contribution < -0.4 is 10.6 Å². The van der Waals surface area contributed by atoms with Crippen molar-refractivity contribution in [3.63, 3.8) is 0 Å². The number of ether oxygens (including phenoxy) is 1. The Morgan fingerprint density at radius 2 is 2.00 bits per heavy atom. The largest absolute Gasteiger partial charge is 0.373 e. The van der Waals surface area contributed by atoms with Gasteiger partial charge in [0.05, 0.1) is 6.10 Å². The normalized spacial score (nSPS) is 18.9. The first-order valence-corrected chi connectivity index (χ1v) is 11.2. The van der Waals surface area contributed by atoms with Crippen molar-refractivity contribution in [1.29, 1.82) is 0 Å². The number of pyridine rings is 1. The Kier molecular flexibility index (Phi) is 9.28. The Hall–Kier alpha value is -2.20. The third-order valence-corrected chi connectivity index (χ3v) is 5.86. The van der Waals surface area contributed by atoms with Crippen molar-refractivity contribution in [2.45, 2.75) is 38.7 Å². The molecule has 7 nitrogen and oxygen atoms in total. The Bertz CT molecular complexity index is 1000. The van der Waals surface area contributed by atoms with Gasteiger partial charge in [0.15, 0.2) is 11.6 Å². The number of aromatic nitrogens is 3. The van der Waals surface area contributed by atoms with Crippen LogP contribution in [0.25, 0.3) is 5.65 Å². The van der Waals surface area contributed by atoms with Gasteiger partial charge in [-0.25, -0.2) is 0 Å². The van der Waals surface area contributed by atoms with Crippen LogP contribution in [0, 0.1) is 12.8 Å². The number of halogens is 1. The second-order valence-corrected chi connectivity index (χ2v) is 8.13. The van der Waals surface area contributed by atoms with Crippen LogP contribution in [-0.4, -0.2) is 47.3 Å². The van der Waals surface area contributed by atoms with Crippen molar-refractivity contribution in [2.24, 2.45) is 10.9 Å². The van der Waals surface area contributed by atoms with Gasteiger partial charge in [0.25, 0.3) is 0 Å². The van der Waals surface area contributed by atoms with E-state index >= 15 is 0 Å². The van der Waals surface area contributed by atoms with Crippen LogP contribution in [0.3, 0.4) is 0 Å². The summed E-state index contributed by atoms with van der Waals surface area (Å²) in [4.78, 5) is 4.39. The van der Waals surface area contributed by atoms with Gasteiger partial charge in [-0.3, -0.25) is 9.39 Å². The standard InChI is InChI=1S/C24H32N6O.HI/c1-18-10-12-19(13-11-18)23-20(7-6-16-31-23)17-27-24(25-2)26-14-5-9-22-29-28-21-8-3-4-15-30(21)22;/h3-4,8,10-13,15,20,23H,5-7,9,14,16-17H2,1-2H3,(H2,25,26,27);1H. The molecular weight excluding hydrogens is 515 g/mol. The molecule has 2 atom stereocenters. The molecule has 8 heteroatoms. The molecule has 172 valence electrons. The predicted molar refractivity (Wildman–Crippen MR) is 139 cm³/mol. The molecule has 3 aromatic rings. The summed E-state index contributed by atoms with van der Waals surface area (Å²) in [5, 5.41) is 15.4. The van der Waals surface area contributed by atoms with Gasteiger partial charge < -0.3 is 15.4 Å². The van der Waals surface area contributed by atoms with Crippen molar-refractivity contribution < 1.29 is 4.74 Å². The Morgan fingerprint density at radius 3 is 2.81 bits per heavy atom. The molecule has 1 aliphatic heterocycles. The smallest absolute Gasteiger partial charge is 0.190 e. The lowest BCUT2D eigenvalue weighted by Gasteiger charge is -2.32. The fraction of sp³-hybridized carbons (Fsp3) is 0.458. The van der Waals surface area contributed by atoms with Crippen LogP contribution >= 0.6 is 24.0 Å². The van der Waals surface area contributed by atoms with Crippen molar-refractivity contribution in [3.8, 4) is 0 Å². The molecule has 32 heavy (non-hydrogen) atoms. The molecule has 0 aliphatic carbocycles. The van der Waals surface area contributed by atoms with E-state index in [0.717, 1.165) is 62.8 Å². The number of aliphatic imine (C=N–C) groups is 1. The Balaban J connectivity index is 0.00000289. The number of aryl methyl sites for hydroxylation is 2. The second-order valence-electron chi connectivity index (χ2n) is 8.13. The highest BCUT2D eigenvalue weighted by Gasteiger charge is 2.27. The Labute approximate surface area is 207 Å². The van der Waals surface area contributed by atoms with E-state index in [-0.39, 0.29) is 30.1 Å². The van der Waals surface area contributed by atoms with Crippen molar-refractivity contribution in [3.05, 3.63) is 65.6 Å². The fourth-order valence-corrected chi connectivity index (χ4v) is 4.14. The van der Waals surface area contributed by atoms with Crippen molar-refractivity contribution in [1.82, 2.24) is 25.2 Å². The minimum absolute atomic E-state index is 0. The summed E-state index contributed by atoms with van der Waals surface area (Å²) in [7, 11) is 1.82. The fourth-order valence-electron chi connectivity index (χ4n) is 4.14. The SMILES string of the molecule is CN=C(NCCCc1nnc2ccccn12)NCC1CCCOC1c1ccc(C)cc1.I.